The van der Waals surface area contributed by atoms with Crippen molar-refractivity contribution in [2.24, 2.45) is 62.1 Å². The van der Waals surface area contributed by atoms with E-state index in [1.54, 1.807) is 7.05 Å². The number of Topliss-reactive ketones (excluding diaryl/α,β-unsaturated/α-hetero) is 1. The van der Waals surface area contributed by atoms with Crippen LogP contribution in [0, 0.1) is 62.1 Å². The molecule has 1 aliphatic heterocycles. The summed E-state index contributed by atoms with van der Waals surface area (Å²) < 4.78 is 16.1. The molecule has 4 aliphatic carbocycles. The van der Waals surface area contributed by atoms with E-state index in [-0.39, 0.29) is 85.7 Å². The Balaban J connectivity index is 1.51. The lowest BCUT2D eigenvalue weighted by Gasteiger charge is -2.72. The number of carbonyl (C=O) groups excluding carboxylic acids is 2. The summed E-state index contributed by atoms with van der Waals surface area (Å²) in [4.78, 5) is 32.0. The molecule has 0 radical (unpaired) electrons. The number of allylic oxidation sites excluding steroid dienone is 1. The van der Waals surface area contributed by atoms with Crippen LogP contribution in [-0.4, -0.2) is 83.2 Å². The van der Waals surface area contributed by atoms with Gasteiger partial charge in [0, 0.05) is 29.3 Å². The third-order valence-corrected chi connectivity index (χ3v) is 17.9. The van der Waals surface area contributed by atoms with Crippen molar-refractivity contribution in [3.05, 3.63) is 23.8 Å². The van der Waals surface area contributed by atoms with Gasteiger partial charge in [0.05, 0.1) is 31.5 Å². The zero-order chi connectivity index (χ0) is 40.0. The average Bonchev–Trinajstić information content (AvgIpc) is 3.62. The fraction of sp³-hybridized carbons (Fsp3) is 0.864. The third kappa shape index (κ3) is 5.59. The molecule has 1 amide bonds. The van der Waals surface area contributed by atoms with Gasteiger partial charge in [-0.2, -0.15) is 5.10 Å². The highest BCUT2D eigenvalue weighted by atomic mass is 16.5. The lowest BCUT2D eigenvalue weighted by molar-refractivity contribution is -0.274. The summed E-state index contributed by atoms with van der Waals surface area (Å²) in [6.07, 6.45) is 9.27. The van der Waals surface area contributed by atoms with Crippen LogP contribution < -0.4 is 10.6 Å². The smallest absolute Gasteiger partial charge is 0.288 e. The maximum atomic E-state index is 14.1. The molecule has 2 bridgehead atoms. The standard InChI is InChI=1S/C44H73N5O5/c1-26(2)27(3)39(8)19-20-41(10)29-15-16-33-40(9)23-53-28(4)44(33,30(29)17-18-42(41,11)34(39)32(51)22-50)21-31(49-36(37(52)45-13)47-25-48-49)35(40)54-24-43(12,46-14)38(5,6)7/h17,25-29,31,33-35,46,50H,15-16,18-24H2,1-14H3,(H,45,52)/t27-,28+,29+,31-,33+,34-,35+,39-,40-,41-,42+,43+,44+/m1/s1. The predicted octanol–water partition coefficient (Wildman–Crippen LogP) is 7.04. The molecule has 6 rings (SSSR count). The number of nitrogens with one attached hydrogen (secondary N) is 2. The second kappa shape index (κ2) is 13.8. The summed E-state index contributed by atoms with van der Waals surface area (Å²) in [5.41, 5.74) is -0.296. The van der Waals surface area contributed by atoms with E-state index in [0.717, 1.165) is 32.1 Å². The van der Waals surface area contributed by atoms with Crippen molar-refractivity contribution in [3.8, 4) is 0 Å². The first-order valence-electron chi connectivity index (χ1n) is 21.0. The Morgan fingerprint density at radius 2 is 1.76 bits per heavy atom. The van der Waals surface area contributed by atoms with Crippen molar-refractivity contribution in [2.45, 2.75) is 145 Å². The maximum absolute atomic E-state index is 14.1. The summed E-state index contributed by atoms with van der Waals surface area (Å²) >= 11 is 0. The molecule has 3 saturated carbocycles. The number of carbonyl (C=O) groups is 2. The van der Waals surface area contributed by atoms with Gasteiger partial charge in [0.25, 0.3) is 5.91 Å². The van der Waals surface area contributed by atoms with Gasteiger partial charge >= 0.3 is 0 Å². The molecule has 10 heteroatoms. The average molecular weight is 752 g/mol. The number of amides is 1. The molecule has 13 atom stereocenters. The van der Waals surface area contributed by atoms with Crippen molar-refractivity contribution in [1.82, 2.24) is 25.4 Å². The molecule has 5 aliphatic rings. The van der Waals surface area contributed by atoms with Crippen LogP contribution in [0.3, 0.4) is 0 Å². The van der Waals surface area contributed by atoms with Crippen molar-refractivity contribution in [1.29, 1.82) is 0 Å². The number of hydrogen-bond donors (Lipinski definition) is 3. The number of aliphatic hydroxyl groups is 1. The maximum Gasteiger partial charge on any atom is 0.288 e. The third-order valence-electron chi connectivity index (χ3n) is 17.9. The molecular weight excluding hydrogens is 679 g/mol. The molecule has 1 saturated heterocycles. The van der Waals surface area contributed by atoms with Crippen LogP contribution in [0.25, 0.3) is 0 Å². The molecule has 3 N–H and O–H groups in total. The Morgan fingerprint density at radius 3 is 2.35 bits per heavy atom. The normalized spacial score (nSPS) is 42.2. The molecular formula is C44H73N5O5. The molecule has 1 aromatic heterocycles. The first-order chi connectivity index (χ1) is 25.1. The molecule has 1 aromatic rings. The van der Waals surface area contributed by atoms with Crippen LogP contribution in [0.15, 0.2) is 18.0 Å². The van der Waals surface area contributed by atoms with Gasteiger partial charge in [0.1, 0.15) is 12.9 Å². The van der Waals surface area contributed by atoms with Gasteiger partial charge in [-0.1, -0.05) is 80.9 Å². The molecule has 304 valence electrons. The number of nitrogens with zero attached hydrogens (tertiary/aromatic N) is 3. The van der Waals surface area contributed by atoms with E-state index >= 15 is 0 Å². The second-order valence-electron chi connectivity index (χ2n) is 20.9. The zero-order valence-corrected chi connectivity index (χ0v) is 36.1. The van der Waals surface area contributed by atoms with E-state index in [2.05, 4.69) is 105 Å². The fourth-order valence-corrected chi connectivity index (χ4v) is 13.4. The number of aromatic nitrogens is 3. The van der Waals surface area contributed by atoms with Crippen molar-refractivity contribution in [2.75, 3.05) is 33.9 Å². The highest BCUT2D eigenvalue weighted by Gasteiger charge is 2.73. The largest absolute Gasteiger partial charge is 0.389 e. The van der Waals surface area contributed by atoms with Crippen LogP contribution in [-0.2, 0) is 14.3 Å². The van der Waals surface area contributed by atoms with Crippen LogP contribution in [0.4, 0.5) is 0 Å². The van der Waals surface area contributed by atoms with Gasteiger partial charge in [-0.15, -0.1) is 0 Å². The Hall–Kier alpha value is -2.14. The highest BCUT2D eigenvalue weighted by Crippen LogP contribution is 2.76. The van der Waals surface area contributed by atoms with E-state index in [0.29, 0.717) is 37.3 Å². The van der Waals surface area contributed by atoms with Crippen molar-refractivity contribution < 1.29 is 24.2 Å². The van der Waals surface area contributed by atoms with E-state index in [1.165, 1.54) is 11.9 Å². The number of hydrogen-bond acceptors (Lipinski definition) is 8. The van der Waals surface area contributed by atoms with E-state index in [4.69, 9.17) is 14.6 Å². The van der Waals surface area contributed by atoms with Gasteiger partial charge in [0.2, 0.25) is 5.82 Å². The summed E-state index contributed by atoms with van der Waals surface area (Å²) in [5, 5.41) is 21.7. The fourth-order valence-electron chi connectivity index (χ4n) is 13.4. The van der Waals surface area contributed by atoms with Crippen LogP contribution in [0.5, 0.6) is 0 Å². The lowest BCUT2D eigenvalue weighted by Crippen LogP contribution is -2.71. The summed E-state index contributed by atoms with van der Waals surface area (Å²) in [5.74, 6) is 1.11. The van der Waals surface area contributed by atoms with Gasteiger partial charge in [-0.3, -0.25) is 9.59 Å². The topological polar surface area (TPSA) is 128 Å². The summed E-state index contributed by atoms with van der Waals surface area (Å²) in [6, 6.07) is -0.264. The summed E-state index contributed by atoms with van der Waals surface area (Å²) in [7, 11) is 3.65. The molecule has 4 fully saturated rings. The molecule has 0 spiro atoms. The van der Waals surface area contributed by atoms with Gasteiger partial charge < -0.3 is 25.2 Å². The minimum Gasteiger partial charge on any atom is -0.389 e. The predicted molar refractivity (Wildman–Crippen MR) is 212 cm³/mol. The summed E-state index contributed by atoms with van der Waals surface area (Å²) in [6.45, 7) is 28.3. The quantitative estimate of drug-likeness (QED) is 0.218. The number of aliphatic hydroxyl groups excluding tert-OH is 1. The van der Waals surface area contributed by atoms with Gasteiger partial charge in [-0.05, 0) is 105 Å². The Labute approximate surface area is 325 Å². The number of fused-ring (bicyclic) bond motifs is 3. The Morgan fingerprint density at radius 1 is 1.07 bits per heavy atom. The van der Waals surface area contributed by atoms with E-state index in [1.807, 2.05) is 11.7 Å². The van der Waals surface area contributed by atoms with E-state index < -0.39 is 6.61 Å². The molecule has 0 unspecified atom stereocenters. The zero-order valence-electron chi connectivity index (χ0n) is 36.1. The number of ketones is 1. The second-order valence-corrected chi connectivity index (χ2v) is 20.9. The molecule has 0 aromatic carbocycles. The van der Waals surface area contributed by atoms with Crippen LogP contribution >= 0.6 is 0 Å². The van der Waals surface area contributed by atoms with Gasteiger partial charge in [0.15, 0.2) is 5.78 Å². The van der Waals surface area contributed by atoms with E-state index in [9.17, 15) is 14.7 Å². The first kappa shape index (κ1) is 41.5. The van der Waals surface area contributed by atoms with Gasteiger partial charge in [-0.25, -0.2) is 9.67 Å². The SMILES string of the molecule is CNC(=O)c1ncnn1[C@@H]1C[C@]23C4=CC[C@@]5(C)[C@H](C(=O)CO)[C@@](C)([C@H](C)C(C)C)CC[C@]5(C)[C@H]4CC[C@H]2[C@@](C)(CO[C@H]3C)[C@H]1OC[C@](C)(NC)C(C)(C)C. The monoisotopic (exact) mass is 752 g/mol. The number of ether oxygens (including phenoxy) is 2. The lowest BCUT2D eigenvalue weighted by atomic mass is 9.33. The number of rotatable bonds is 10. The van der Waals surface area contributed by atoms with Crippen LogP contribution in [0.2, 0.25) is 0 Å². The van der Waals surface area contributed by atoms with Crippen LogP contribution in [0.1, 0.15) is 138 Å². The highest BCUT2D eigenvalue weighted by molar-refractivity contribution is 5.90. The first-order valence-corrected chi connectivity index (χ1v) is 21.0. The molecule has 54 heavy (non-hydrogen) atoms. The Bertz CT molecular complexity index is 1630. The van der Waals surface area contributed by atoms with Crippen molar-refractivity contribution in [3.63, 3.8) is 0 Å². The Kier molecular flexibility index (Phi) is 10.6. The van der Waals surface area contributed by atoms with Crippen molar-refractivity contribution >= 4 is 11.7 Å². The molecule has 2 heterocycles. The number of likely N-dealkylation sites (N-methyl/N-ethyl adjacent to an activating group) is 1. The minimum absolute atomic E-state index is 0.00136. The molecule has 10 nitrogen and oxygen atoms in total. The minimum atomic E-state index is -0.413.